The van der Waals surface area contributed by atoms with Gasteiger partial charge in [0.25, 0.3) is 0 Å². The summed E-state index contributed by atoms with van der Waals surface area (Å²) in [4.78, 5) is 0. The number of aromatic nitrogens is 2. The van der Waals surface area contributed by atoms with E-state index in [1.54, 1.807) is 0 Å². The first-order valence-electron chi connectivity index (χ1n) is 6.86. The summed E-state index contributed by atoms with van der Waals surface area (Å²) in [7, 11) is 0. The fourth-order valence-corrected chi connectivity index (χ4v) is 2.76. The van der Waals surface area contributed by atoms with E-state index in [-0.39, 0.29) is 6.61 Å². The topological polar surface area (TPSA) is 47.3 Å². The molecule has 0 aliphatic heterocycles. The number of ether oxygens (including phenoxy) is 1. The van der Waals surface area contributed by atoms with Crippen LogP contribution in [0.5, 0.6) is 5.75 Å². The molecule has 1 aromatic heterocycles. The van der Waals surface area contributed by atoms with Crippen molar-refractivity contribution in [2.75, 3.05) is 0 Å². The molecule has 0 bridgehead atoms. The average Bonchev–Trinajstić information content (AvgIpc) is 2.82. The van der Waals surface area contributed by atoms with Gasteiger partial charge < -0.3 is 9.84 Å². The van der Waals surface area contributed by atoms with E-state index in [4.69, 9.17) is 16.3 Å². The molecule has 1 heterocycles. The molecule has 6 heteroatoms. The second-order valence-electron chi connectivity index (χ2n) is 4.58. The van der Waals surface area contributed by atoms with Gasteiger partial charge in [0.05, 0.1) is 23.0 Å². The summed E-state index contributed by atoms with van der Waals surface area (Å²) in [6.07, 6.45) is 0.797. The van der Waals surface area contributed by atoms with Gasteiger partial charge in [-0.05, 0) is 37.1 Å². The average molecular weight is 374 g/mol. The molecule has 0 spiro atoms. The van der Waals surface area contributed by atoms with Crippen LogP contribution in [0.15, 0.2) is 22.7 Å². The van der Waals surface area contributed by atoms with Gasteiger partial charge in [0.2, 0.25) is 0 Å². The van der Waals surface area contributed by atoms with Crippen LogP contribution >= 0.6 is 27.5 Å². The summed E-state index contributed by atoms with van der Waals surface area (Å²) in [5.74, 6) is 0.695. The molecular formula is C15H18BrClN2O2. The van der Waals surface area contributed by atoms with Gasteiger partial charge in [-0.3, -0.25) is 4.68 Å². The maximum Gasteiger partial charge on any atom is 0.131 e. The van der Waals surface area contributed by atoms with Crippen molar-refractivity contribution >= 4 is 27.5 Å². The molecule has 1 N–H and O–H groups in total. The first-order chi connectivity index (χ1) is 10.1. The minimum Gasteiger partial charge on any atom is -0.487 e. The normalized spacial score (nSPS) is 10.9. The van der Waals surface area contributed by atoms with Gasteiger partial charge in [0, 0.05) is 11.0 Å². The van der Waals surface area contributed by atoms with Crippen molar-refractivity contribution in [1.29, 1.82) is 0 Å². The molecule has 114 valence electrons. The molecule has 0 fully saturated rings. The zero-order valence-electron chi connectivity index (χ0n) is 12.1. The van der Waals surface area contributed by atoms with Crippen molar-refractivity contribution in [3.8, 4) is 5.75 Å². The molecule has 2 aromatic rings. The van der Waals surface area contributed by atoms with Gasteiger partial charge in [-0.15, -0.1) is 0 Å². The minimum absolute atomic E-state index is 0.0363. The molecule has 0 aliphatic carbocycles. The number of hydrogen-bond donors (Lipinski definition) is 1. The standard InChI is InChI=1S/C15H18BrClN2O2/c1-3-13-15(17)14(19(4-2)18-13)9-21-11-5-6-12(16)10(7-11)8-20/h5-7,20H,3-4,8-9H2,1-2H3. The first-order valence-corrected chi connectivity index (χ1v) is 8.03. The molecule has 0 aliphatic rings. The van der Waals surface area contributed by atoms with Gasteiger partial charge in [-0.1, -0.05) is 34.5 Å². The second-order valence-corrected chi connectivity index (χ2v) is 5.81. The Morgan fingerprint density at radius 2 is 2.14 bits per heavy atom. The van der Waals surface area contributed by atoms with Crippen molar-refractivity contribution < 1.29 is 9.84 Å². The summed E-state index contributed by atoms with van der Waals surface area (Å²) in [6, 6.07) is 5.52. The van der Waals surface area contributed by atoms with Crippen LogP contribution in [-0.4, -0.2) is 14.9 Å². The van der Waals surface area contributed by atoms with E-state index < -0.39 is 0 Å². The SMILES string of the molecule is CCc1nn(CC)c(COc2ccc(Br)c(CO)c2)c1Cl. The summed E-state index contributed by atoms with van der Waals surface area (Å²) in [6.45, 7) is 5.12. The summed E-state index contributed by atoms with van der Waals surface area (Å²) >= 11 is 9.73. The van der Waals surface area contributed by atoms with Crippen LogP contribution in [0.1, 0.15) is 30.8 Å². The molecule has 0 saturated carbocycles. The number of aliphatic hydroxyl groups excluding tert-OH is 1. The van der Waals surface area contributed by atoms with Crippen molar-refractivity contribution in [3.05, 3.63) is 44.6 Å². The monoisotopic (exact) mass is 372 g/mol. The summed E-state index contributed by atoms with van der Waals surface area (Å²) < 4.78 is 8.52. The Labute approximate surface area is 137 Å². The van der Waals surface area contributed by atoms with E-state index in [0.717, 1.165) is 34.4 Å². The van der Waals surface area contributed by atoms with E-state index in [2.05, 4.69) is 21.0 Å². The molecule has 2 rings (SSSR count). The lowest BCUT2D eigenvalue weighted by atomic mass is 10.2. The largest absolute Gasteiger partial charge is 0.487 e. The molecule has 1 aromatic carbocycles. The smallest absolute Gasteiger partial charge is 0.131 e. The Morgan fingerprint density at radius 1 is 1.38 bits per heavy atom. The van der Waals surface area contributed by atoms with Gasteiger partial charge >= 0.3 is 0 Å². The van der Waals surface area contributed by atoms with Crippen LogP contribution < -0.4 is 4.74 Å². The number of hydrogen-bond acceptors (Lipinski definition) is 3. The Hall–Kier alpha value is -1.04. The molecule has 0 unspecified atom stereocenters. The second kappa shape index (κ2) is 7.29. The third-order valence-corrected chi connectivity index (χ3v) is 4.47. The molecule has 0 amide bonds. The highest BCUT2D eigenvalue weighted by Crippen LogP contribution is 2.26. The lowest BCUT2D eigenvalue weighted by molar-refractivity contribution is 0.275. The molecular weight excluding hydrogens is 356 g/mol. The third kappa shape index (κ3) is 3.59. The van der Waals surface area contributed by atoms with Crippen LogP contribution in [0.4, 0.5) is 0 Å². The molecule has 0 saturated heterocycles. The number of benzene rings is 1. The zero-order chi connectivity index (χ0) is 15.4. The van der Waals surface area contributed by atoms with Crippen LogP contribution in [-0.2, 0) is 26.2 Å². The quantitative estimate of drug-likeness (QED) is 0.834. The van der Waals surface area contributed by atoms with Gasteiger partial charge in [-0.25, -0.2) is 0 Å². The molecule has 0 radical (unpaired) electrons. The number of aryl methyl sites for hydroxylation is 2. The molecule has 21 heavy (non-hydrogen) atoms. The van der Waals surface area contributed by atoms with E-state index in [9.17, 15) is 5.11 Å². The predicted molar refractivity (Wildman–Crippen MR) is 86.7 cm³/mol. The fourth-order valence-electron chi connectivity index (χ4n) is 2.07. The maximum atomic E-state index is 9.27. The highest BCUT2D eigenvalue weighted by atomic mass is 79.9. The maximum absolute atomic E-state index is 9.27. The Bertz CT molecular complexity index is 628. The third-order valence-electron chi connectivity index (χ3n) is 3.26. The highest BCUT2D eigenvalue weighted by molar-refractivity contribution is 9.10. The minimum atomic E-state index is -0.0363. The fraction of sp³-hybridized carbons (Fsp3) is 0.400. The first kappa shape index (κ1) is 16.3. The van der Waals surface area contributed by atoms with Crippen molar-refractivity contribution in [1.82, 2.24) is 9.78 Å². The van der Waals surface area contributed by atoms with Crippen LogP contribution in [0.2, 0.25) is 5.02 Å². The number of halogens is 2. The highest BCUT2D eigenvalue weighted by Gasteiger charge is 2.15. The van der Waals surface area contributed by atoms with Crippen molar-refractivity contribution in [2.24, 2.45) is 0 Å². The van der Waals surface area contributed by atoms with Crippen molar-refractivity contribution in [3.63, 3.8) is 0 Å². The van der Waals surface area contributed by atoms with Crippen LogP contribution in [0.25, 0.3) is 0 Å². The van der Waals surface area contributed by atoms with Crippen LogP contribution in [0.3, 0.4) is 0 Å². The van der Waals surface area contributed by atoms with E-state index in [1.165, 1.54) is 0 Å². The molecule has 4 nitrogen and oxygen atoms in total. The number of nitrogens with zero attached hydrogens (tertiary/aromatic N) is 2. The summed E-state index contributed by atoms with van der Waals surface area (Å²) in [5, 5.41) is 14.4. The predicted octanol–water partition coefficient (Wildman–Crippen LogP) is 3.95. The van der Waals surface area contributed by atoms with E-state index in [1.807, 2.05) is 36.7 Å². The van der Waals surface area contributed by atoms with Gasteiger partial charge in [0.1, 0.15) is 12.4 Å². The van der Waals surface area contributed by atoms with E-state index in [0.29, 0.717) is 17.4 Å². The Morgan fingerprint density at radius 3 is 2.76 bits per heavy atom. The lowest BCUT2D eigenvalue weighted by Gasteiger charge is -2.10. The summed E-state index contributed by atoms with van der Waals surface area (Å²) in [5.41, 5.74) is 2.56. The number of aliphatic hydroxyl groups is 1. The zero-order valence-corrected chi connectivity index (χ0v) is 14.4. The Balaban J connectivity index is 2.18. The lowest BCUT2D eigenvalue weighted by Crippen LogP contribution is -2.06. The van der Waals surface area contributed by atoms with Gasteiger partial charge in [0.15, 0.2) is 0 Å². The van der Waals surface area contributed by atoms with E-state index >= 15 is 0 Å². The Kier molecular flexibility index (Phi) is 5.67. The van der Waals surface area contributed by atoms with Crippen LogP contribution in [0, 0.1) is 0 Å². The van der Waals surface area contributed by atoms with Gasteiger partial charge in [-0.2, -0.15) is 5.10 Å². The van der Waals surface area contributed by atoms with Crippen molar-refractivity contribution in [2.45, 2.75) is 40.0 Å². The number of rotatable bonds is 6. The molecule has 0 atom stereocenters.